The van der Waals surface area contributed by atoms with Crippen molar-refractivity contribution >= 4 is 23.0 Å². The van der Waals surface area contributed by atoms with E-state index in [0.29, 0.717) is 24.6 Å². The van der Waals surface area contributed by atoms with Crippen LogP contribution in [0.2, 0.25) is 0 Å². The average molecular weight is 398 g/mol. The number of benzene rings is 2. The molecule has 0 radical (unpaired) electrons. The van der Waals surface area contributed by atoms with Crippen molar-refractivity contribution in [2.75, 3.05) is 41.8 Å². The number of carbonyl (C=O) groups is 1. The highest BCUT2D eigenvalue weighted by molar-refractivity contribution is 6.09. The standard InChI is InChI=1S/C22H18N6O2/c23-13-16(14-24)20(15-25)26-18-6-2-1-5-17(18)22(29)27-19-7-3-4-8-21(19)28-9-11-30-12-10-28/h1-8,26H,9-12H2,(H,27,29). The van der Waals surface area contributed by atoms with Gasteiger partial charge in [0.1, 0.15) is 23.9 Å². The molecule has 0 atom stereocenters. The number of morpholine rings is 1. The molecule has 148 valence electrons. The highest BCUT2D eigenvalue weighted by Crippen LogP contribution is 2.28. The molecular weight excluding hydrogens is 380 g/mol. The Bertz CT molecular complexity index is 1080. The Morgan fingerprint density at radius 2 is 1.50 bits per heavy atom. The number of hydrogen-bond acceptors (Lipinski definition) is 7. The maximum Gasteiger partial charge on any atom is 0.257 e. The Morgan fingerprint density at radius 3 is 2.17 bits per heavy atom. The van der Waals surface area contributed by atoms with Gasteiger partial charge in [0, 0.05) is 13.1 Å². The summed E-state index contributed by atoms with van der Waals surface area (Å²) in [6.07, 6.45) is 0. The van der Waals surface area contributed by atoms with Crippen LogP contribution >= 0.6 is 0 Å². The summed E-state index contributed by atoms with van der Waals surface area (Å²) < 4.78 is 5.40. The third-order valence-corrected chi connectivity index (χ3v) is 4.52. The van der Waals surface area contributed by atoms with E-state index in [1.807, 2.05) is 24.3 Å². The van der Waals surface area contributed by atoms with E-state index in [1.54, 1.807) is 42.5 Å². The molecular formula is C22H18N6O2. The summed E-state index contributed by atoms with van der Waals surface area (Å²) in [5.74, 6) is -0.383. The zero-order valence-corrected chi connectivity index (χ0v) is 16.1. The second-order valence-electron chi connectivity index (χ2n) is 6.33. The van der Waals surface area contributed by atoms with Crippen LogP contribution in [0.25, 0.3) is 0 Å². The normalized spacial score (nSPS) is 12.6. The summed E-state index contributed by atoms with van der Waals surface area (Å²) in [5, 5.41) is 33.0. The van der Waals surface area contributed by atoms with Crippen molar-refractivity contribution < 1.29 is 9.53 Å². The number of carbonyl (C=O) groups excluding carboxylic acids is 1. The molecule has 0 spiro atoms. The topological polar surface area (TPSA) is 125 Å². The Morgan fingerprint density at radius 1 is 0.867 bits per heavy atom. The van der Waals surface area contributed by atoms with E-state index in [0.717, 1.165) is 18.8 Å². The van der Waals surface area contributed by atoms with Crippen molar-refractivity contribution in [1.29, 1.82) is 15.8 Å². The van der Waals surface area contributed by atoms with E-state index in [2.05, 4.69) is 15.5 Å². The second kappa shape index (κ2) is 9.75. The van der Waals surface area contributed by atoms with Crippen LogP contribution in [-0.2, 0) is 4.74 Å². The largest absolute Gasteiger partial charge is 0.378 e. The van der Waals surface area contributed by atoms with Crippen LogP contribution in [0, 0.1) is 34.0 Å². The molecule has 1 fully saturated rings. The molecule has 0 bridgehead atoms. The van der Waals surface area contributed by atoms with Crippen LogP contribution in [0.4, 0.5) is 17.1 Å². The molecule has 8 heteroatoms. The molecule has 8 nitrogen and oxygen atoms in total. The van der Waals surface area contributed by atoms with Crippen LogP contribution in [0.15, 0.2) is 59.8 Å². The number of nitriles is 3. The van der Waals surface area contributed by atoms with E-state index in [1.165, 1.54) is 0 Å². The Balaban J connectivity index is 1.88. The van der Waals surface area contributed by atoms with Gasteiger partial charge in [-0.2, -0.15) is 15.8 Å². The fourth-order valence-electron chi connectivity index (χ4n) is 3.06. The van der Waals surface area contributed by atoms with Crippen molar-refractivity contribution in [2.45, 2.75) is 0 Å². The number of allylic oxidation sites excluding steroid dienone is 2. The smallest absolute Gasteiger partial charge is 0.257 e. The number of para-hydroxylation sites is 3. The van der Waals surface area contributed by atoms with E-state index in [-0.39, 0.29) is 22.7 Å². The number of ether oxygens (including phenoxy) is 1. The molecule has 2 aromatic carbocycles. The third-order valence-electron chi connectivity index (χ3n) is 4.52. The van der Waals surface area contributed by atoms with Gasteiger partial charge in [-0.25, -0.2) is 0 Å². The van der Waals surface area contributed by atoms with Crippen molar-refractivity contribution in [3.63, 3.8) is 0 Å². The zero-order valence-electron chi connectivity index (χ0n) is 16.1. The first-order valence-corrected chi connectivity index (χ1v) is 9.21. The third kappa shape index (κ3) is 4.56. The van der Waals surface area contributed by atoms with Gasteiger partial charge >= 0.3 is 0 Å². The molecule has 1 aliphatic heterocycles. The van der Waals surface area contributed by atoms with Crippen molar-refractivity contribution in [1.82, 2.24) is 0 Å². The first-order valence-electron chi connectivity index (χ1n) is 9.21. The fourth-order valence-corrected chi connectivity index (χ4v) is 3.06. The minimum Gasteiger partial charge on any atom is -0.378 e. The van der Waals surface area contributed by atoms with Crippen molar-refractivity contribution in [3.05, 3.63) is 65.4 Å². The number of nitrogens with one attached hydrogen (secondary N) is 2. The number of amides is 1. The van der Waals surface area contributed by atoms with E-state index in [4.69, 9.17) is 15.3 Å². The molecule has 1 heterocycles. The molecule has 1 saturated heterocycles. The van der Waals surface area contributed by atoms with Gasteiger partial charge < -0.3 is 20.3 Å². The van der Waals surface area contributed by atoms with Gasteiger partial charge in [0.05, 0.1) is 35.8 Å². The molecule has 0 aliphatic carbocycles. The fraction of sp³-hybridized carbons (Fsp3) is 0.182. The minimum absolute atomic E-state index is 0.214. The average Bonchev–Trinajstić information content (AvgIpc) is 2.80. The predicted molar refractivity (Wildman–Crippen MR) is 111 cm³/mol. The van der Waals surface area contributed by atoms with Gasteiger partial charge in [0.25, 0.3) is 5.91 Å². The lowest BCUT2D eigenvalue weighted by atomic mass is 10.1. The van der Waals surface area contributed by atoms with Crippen LogP contribution in [-0.4, -0.2) is 32.2 Å². The summed E-state index contributed by atoms with van der Waals surface area (Å²) >= 11 is 0. The van der Waals surface area contributed by atoms with Crippen LogP contribution in [0.5, 0.6) is 0 Å². The first-order chi connectivity index (χ1) is 14.7. The monoisotopic (exact) mass is 398 g/mol. The maximum atomic E-state index is 13.0. The lowest BCUT2D eigenvalue weighted by Crippen LogP contribution is -2.36. The summed E-state index contributed by atoms with van der Waals surface area (Å²) in [6.45, 7) is 2.70. The van der Waals surface area contributed by atoms with E-state index >= 15 is 0 Å². The van der Waals surface area contributed by atoms with Crippen LogP contribution in [0.3, 0.4) is 0 Å². The maximum absolute atomic E-state index is 13.0. The highest BCUT2D eigenvalue weighted by Gasteiger charge is 2.18. The predicted octanol–water partition coefficient (Wildman–Crippen LogP) is 3.01. The molecule has 2 aromatic rings. The molecule has 1 aliphatic rings. The Kier molecular flexibility index (Phi) is 6.63. The number of hydrogen-bond donors (Lipinski definition) is 2. The number of nitrogens with zero attached hydrogens (tertiary/aromatic N) is 4. The Labute approximate surface area is 174 Å². The molecule has 0 aromatic heterocycles. The molecule has 30 heavy (non-hydrogen) atoms. The summed E-state index contributed by atoms with van der Waals surface area (Å²) in [7, 11) is 0. The summed E-state index contributed by atoms with van der Waals surface area (Å²) in [5.41, 5.74) is 1.58. The van der Waals surface area contributed by atoms with Gasteiger partial charge in [-0.1, -0.05) is 24.3 Å². The van der Waals surface area contributed by atoms with Gasteiger partial charge in [0.15, 0.2) is 5.57 Å². The molecule has 3 rings (SSSR count). The lowest BCUT2D eigenvalue weighted by Gasteiger charge is -2.30. The molecule has 2 N–H and O–H groups in total. The summed E-state index contributed by atoms with van der Waals surface area (Å²) in [6, 6.07) is 19.2. The van der Waals surface area contributed by atoms with Crippen molar-refractivity contribution in [2.24, 2.45) is 0 Å². The Hall–Kier alpha value is -4.32. The summed E-state index contributed by atoms with van der Waals surface area (Å²) in [4.78, 5) is 15.2. The number of rotatable bonds is 5. The SMILES string of the molecule is N#CC(C#N)=C(C#N)Nc1ccccc1C(=O)Nc1ccccc1N1CCOCC1. The highest BCUT2D eigenvalue weighted by atomic mass is 16.5. The zero-order chi connectivity index (χ0) is 21.3. The van der Waals surface area contributed by atoms with Gasteiger partial charge in [-0.05, 0) is 24.3 Å². The van der Waals surface area contributed by atoms with E-state index in [9.17, 15) is 10.1 Å². The molecule has 0 unspecified atom stereocenters. The van der Waals surface area contributed by atoms with Crippen molar-refractivity contribution in [3.8, 4) is 18.2 Å². The van der Waals surface area contributed by atoms with Gasteiger partial charge in [-0.15, -0.1) is 0 Å². The minimum atomic E-state index is -0.383. The first kappa shape index (κ1) is 20.4. The number of anilines is 3. The van der Waals surface area contributed by atoms with Gasteiger partial charge in [-0.3, -0.25) is 4.79 Å². The lowest BCUT2D eigenvalue weighted by molar-refractivity contribution is 0.102. The molecule has 1 amide bonds. The second-order valence-corrected chi connectivity index (χ2v) is 6.33. The van der Waals surface area contributed by atoms with Crippen LogP contribution in [0.1, 0.15) is 10.4 Å². The van der Waals surface area contributed by atoms with Gasteiger partial charge in [0.2, 0.25) is 0 Å². The van der Waals surface area contributed by atoms with Crippen LogP contribution < -0.4 is 15.5 Å². The quantitative estimate of drug-likeness (QED) is 0.742. The van der Waals surface area contributed by atoms with E-state index < -0.39 is 0 Å². The molecule has 0 saturated carbocycles.